The second kappa shape index (κ2) is 12.1. The Bertz CT molecular complexity index is 2790. The number of fused-ring (bicyclic) bond motifs is 8. The number of hydrogen-bond acceptors (Lipinski definition) is 2. The molecule has 0 saturated heterocycles. The lowest BCUT2D eigenvalue weighted by atomic mass is 9.82. The van der Waals surface area contributed by atoms with Crippen molar-refractivity contribution in [3.63, 3.8) is 0 Å². The van der Waals surface area contributed by atoms with E-state index in [0.717, 1.165) is 6.54 Å². The van der Waals surface area contributed by atoms with Crippen LogP contribution in [0.15, 0.2) is 176 Å². The van der Waals surface area contributed by atoms with E-state index in [2.05, 4.69) is 195 Å². The van der Waals surface area contributed by atoms with Crippen molar-refractivity contribution in [2.24, 2.45) is 0 Å². The molecule has 9 aromatic rings. The summed E-state index contributed by atoms with van der Waals surface area (Å²) in [5.74, 6) is 0. The van der Waals surface area contributed by atoms with Crippen LogP contribution in [0.2, 0.25) is 0 Å². The molecule has 0 bridgehead atoms. The zero-order chi connectivity index (χ0) is 34.8. The fourth-order valence-corrected chi connectivity index (χ4v) is 9.80. The molecule has 248 valence electrons. The number of hydrogen-bond donors (Lipinski definition) is 0. The zero-order valence-corrected chi connectivity index (χ0v) is 30.1. The Morgan fingerprint density at radius 3 is 2.06 bits per heavy atom. The first-order chi connectivity index (χ1) is 25.5. The van der Waals surface area contributed by atoms with Crippen molar-refractivity contribution >= 4 is 53.7 Å². The second-order valence-electron chi connectivity index (χ2n) is 14.5. The molecule has 2 heteroatoms. The van der Waals surface area contributed by atoms with Gasteiger partial charge in [0, 0.05) is 49.1 Å². The van der Waals surface area contributed by atoms with Gasteiger partial charge in [0.25, 0.3) is 0 Å². The Morgan fingerprint density at radius 2 is 1.19 bits per heavy atom. The van der Waals surface area contributed by atoms with E-state index in [4.69, 9.17) is 0 Å². The molecule has 1 aromatic heterocycles. The molecule has 0 radical (unpaired) electrons. The first kappa shape index (κ1) is 30.8. The van der Waals surface area contributed by atoms with Crippen LogP contribution in [0.5, 0.6) is 0 Å². The van der Waals surface area contributed by atoms with Gasteiger partial charge in [0.1, 0.15) is 0 Å². The highest BCUT2D eigenvalue weighted by molar-refractivity contribution is 7.26. The third-order valence-electron chi connectivity index (χ3n) is 11.2. The van der Waals surface area contributed by atoms with Gasteiger partial charge in [-0.15, -0.1) is 11.3 Å². The smallest absolute Gasteiger partial charge is 0.0496 e. The molecule has 0 saturated carbocycles. The number of rotatable bonds is 6. The van der Waals surface area contributed by atoms with Crippen molar-refractivity contribution in [3.8, 4) is 33.4 Å². The van der Waals surface area contributed by atoms with Crippen molar-refractivity contribution in [2.45, 2.75) is 25.8 Å². The number of thiophene rings is 1. The van der Waals surface area contributed by atoms with Crippen molar-refractivity contribution in [2.75, 3.05) is 4.90 Å². The third-order valence-corrected chi connectivity index (χ3v) is 12.4. The predicted molar refractivity (Wildman–Crippen MR) is 224 cm³/mol. The van der Waals surface area contributed by atoms with Crippen molar-refractivity contribution in [1.82, 2.24) is 0 Å². The van der Waals surface area contributed by atoms with Crippen LogP contribution in [0.3, 0.4) is 0 Å². The summed E-state index contributed by atoms with van der Waals surface area (Å²) >= 11 is 1.90. The second-order valence-corrected chi connectivity index (χ2v) is 15.6. The van der Waals surface area contributed by atoms with E-state index >= 15 is 0 Å². The Labute approximate surface area is 309 Å². The quantitative estimate of drug-likeness (QED) is 0.169. The standard InChI is InChI=1S/C50H37NS/c1-50(2)44-20-11-10-19-43(44)48-45(50)21-12-22-46(48)51(32-37-16-7-8-17-39(37)34-13-4-3-5-14-34)38-27-23-33(24-28-38)36-26-29-41-42-30-25-35-15-6-9-18-40(35)49(42)52-47(41)31-36/h3-31H,32H2,1-2H3. The van der Waals surface area contributed by atoms with Crippen LogP contribution in [0.25, 0.3) is 64.3 Å². The third kappa shape index (κ3) is 4.90. The van der Waals surface area contributed by atoms with E-state index in [0.29, 0.717) is 0 Å². The van der Waals surface area contributed by atoms with Gasteiger partial charge in [-0.25, -0.2) is 0 Å². The molecular weight excluding hydrogens is 647 g/mol. The van der Waals surface area contributed by atoms with Gasteiger partial charge in [0.05, 0.1) is 0 Å². The summed E-state index contributed by atoms with van der Waals surface area (Å²) in [7, 11) is 0. The van der Waals surface area contributed by atoms with E-state index in [9.17, 15) is 0 Å². The molecule has 0 N–H and O–H groups in total. The van der Waals surface area contributed by atoms with Crippen molar-refractivity contribution in [3.05, 3.63) is 193 Å². The van der Waals surface area contributed by atoms with Crippen LogP contribution in [0.4, 0.5) is 11.4 Å². The van der Waals surface area contributed by atoms with Gasteiger partial charge in [0.2, 0.25) is 0 Å². The minimum atomic E-state index is -0.0725. The molecular formula is C50H37NS. The summed E-state index contributed by atoms with van der Waals surface area (Å²) < 4.78 is 2.69. The van der Waals surface area contributed by atoms with Gasteiger partial charge >= 0.3 is 0 Å². The fraction of sp³-hybridized carbons (Fsp3) is 0.0800. The fourth-order valence-electron chi connectivity index (χ4n) is 8.52. The van der Waals surface area contributed by atoms with Crippen molar-refractivity contribution in [1.29, 1.82) is 0 Å². The highest BCUT2D eigenvalue weighted by Crippen LogP contribution is 2.53. The van der Waals surface area contributed by atoms with Gasteiger partial charge in [-0.05, 0) is 79.5 Å². The number of nitrogens with zero attached hydrogens (tertiary/aromatic N) is 1. The minimum absolute atomic E-state index is 0.0725. The van der Waals surface area contributed by atoms with Crippen LogP contribution in [0.1, 0.15) is 30.5 Å². The molecule has 1 aliphatic carbocycles. The largest absolute Gasteiger partial charge is 0.336 e. The summed E-state index contributed by atoms with van der Waals surface area (Å²) in [5, 5.41) is 5.30. The molecule has 8 aromatic carbocycles. The minimum Gasteiger partial charge on any atom is -0.336 e. The van der Waals surface area contributed by atoms with Gasteiger partial charge in [-0.1, -0.05) is 166 Å². The summed E-state index contributed by atoms with van der Waals surface area (Å²) in [6.45, 7) is 5.47. The summed E-state index contributed by atoms with van der Waals surface area (Å²) in [6, 6.07) is 65.0. The predicted octanol–water partition coefficient (Wildman–Crippen LogP) is 14.2. The average Bonchev–Trinajstić information content (AvgIpc) is 3.69. The summed E-state index contributed by atoms with van der Waals surface area (Å²) in [5.41, 5.74) is 14.1. The lowest BCUT2D eigenvalue weighted by molar-refractivity contribution is 0.660. The maximum atomic E-state index is 2.53. The first-order valence-electron chi connectivity index (χ1n) is 18.1. The molecule has 1 aliphatic rings. The molecule has 0 spiro atoms. The molecule has 0 amide bonds. The van der Waals surface area contributed by atoms with Crippen LogP contribution in [-0.2, 0) is 12.0 Å². The maximum absolute atomic E-state index is 2.53. The Balaban J connectivity index is 1.09. The zero-order valence-electron chi connectivity index (χ0n) is 29.3. The normalized spacial score (nSPS) is 13.0. The topological polar surface area (TPSA) is 3.24 Å². The van der Waals surface area contributed by atoms with Crippen LogP contribution in [0, 0.1) is 0 Å². The van der Waals surface area contributed by atoms with Crippen LogP contribution >= 0.6 is 11.3 Å². The monoisotopic (exact) mass is 683 g/mol. The lowest BCUT2D eigenvalue weighted by Crippen LogP contribution is -2.19. The summed E-state index contributed by atoms with van der Waals surface area (Å²) in [6.07, 6.45) is 0. The molecule has 0 atom stereocenters. The first-order valence-corrected chi connectivity index (χ1v) is 18.9. The molecule has 0 aliphatic heterocycles. The van der Waals surface area contributed by atoms with E-state index < -0.39 is 0 Å². The van der Waals surface area contributed by atoms with Crippen LogP contribution < -0.4 is 4.90 Å². The van der Waals surface area contributed by atoms with Crippen LogP contribution in [-0.4, -0.2) is 0 Å². The van der Waals surface area contributed by atoms with Crippen molar-refractivity contribution < 1.29 is 0 Å². The van der Waals surface area contributed by atoms with E-state index in [-0.39, 0.29) is 5.41 Å². The molecule has 0 unspecified atom stereocenters. The molecule has 52 heavy (non-hydrogen) atoms. The number of benzene rings is 8. The average molecular weight is 684 g/mol. The van der Waals surface area contributed by atoms with Gasteiger partial charge in [-0.2, -0.15) is 0 Å². The van der Waals surface area contributed by atoms with E-state index in [1.807, 2.05) is 11.3 Å². The maximum Gasteiger partial charge on any atom is 0.0496 e. The molecule has 1 nitrogen and oxygen atoms in total. The molecule has 10 rings (SSSR count). The van der Waals surface area contributed by atoms with Gasteiger partial charge in [-0.3, -0.25) is 0 Å². The molecule has 0 fully saturated rings. The highest BCUT2D eigenvalue weighted by Gasteiger charge is 2.37. The van der Waals surface area contributed by atoms with E-state index in [1.165, 1.54) is 92.4 Å². The Morgan fingerprint density at radius 1 is 0.500 bits per heavy atom. The Kier molecular flexibility index (Phi) is 7.16. The van der Waals surface area contributed by atoms with Gasteiger partial charge in [0.15, 0.2) is 0 Å². The van der Waals surface area contributed by atoms with E-state index in [1.54, 1.807) is 0 Å². The molecule has 1 heterocycles. The van der Waals surface area contributed by atoms with Gasteiger partial charge < -0.3 is 4.90 Å². The summed E-state index contributed by atoms with van der Waals surface area (Å²) in [4.78, 5) is 2.53. The highest BCUT2D eigenvalue weighted by atomic mass is 32.1. The Hall–Kier alpha value is -5.96. The SMILES string of the molecule is CC1(C)c2ccccc2-c2c(N(Cc3ccccc3-c3ccccc3)c3ccc(-c4ccc5c(c4)sc4c6ccccc6ccc54)cc3)cccc21. The lowest BCUT2D eigenvalue weighted by Gasteiger charge is -2.29. The number of anilines is 2.